The van der Waals surface area contributed by atoms with E-state index in [1.807, 2.05) is 49.4 Å². The summed E-state index contributed by atoms with van der Waals surface area (Å²) >= 11 is 3.46. The Balaban J connectivity index is 1.56. The molecule has 0 bridgehead atoms. The van der Waals surface area contributed by atoms with Crippen LogP contribution in [0.25, 0.3) is 0 Å². The number of esters is 1. The van der Waals surface area contributed by atoms with Crippen LogP contribution in [0.5, 0.6) is 11.5 Å². The largest absolute Gasteiger partial charge is 0.466 e. The summed E-state index contributed by atoms with van der Waals surface area (Å²) in [7, 11) is 1.36. The summed E-state index contributed by atoms with van der Waals surface area (Å²) in [5.41, 5.74) is 4.62. The number of carbonyl (C=O) groups is 2. The van der Waals surface area contributed by atoms with Gasteiger partial charge in [0.2, 0.25) is 6.79 Å². The molecule has 1 N–H and O–H groups in total. The van der Waals surface area contributed by atoms with Crippen LogP contribution in [0.3, 0.4) is 0 Å². The summed E-state index contributed by atoms with van der Waals surface area (Å²) in [5.74, 6) is 0.591. The molecule has 2 aromatic rings. The fourth-order valence-corrected chi connectivity index (χ4v) is 5.08. The van der Waals surface area contributed by atoms with Gasteiger partial charge in [0, 0.05) is 33.8 Å². The molecule has 0 spiro atoms. The molecule has 0 saturated heterocycles. The minimum absolute atomic E-state index is 0.0151. The van der Waals surface area contributed by atoms with Crippen molar-refractivity contribution in [3.63, 3.8) is 0 Å². The lowest BCUT2D eigenvalue weighted by Crippen LogP contribution is -2.36. The average Bonchev–Trinajstić information content (AvgIpc) is 3.26. The lowest BCUT2D eigenvalue weighted by molar-refractivity contribution is -0.136. The maximum Gasteiger partial charge on any atom is 0.336 e. The van der Waals surface area contributed by atoms with Crippen molar-refractivity contribution >= 4 is 27.7 Å². The van der Waals surface area contributed by atoms with Gasteiger partial charge in [0.1, 0.15) is 0 Å². The lowest BCUT2D eigenvalue weighted by atomic mass is 9.71. The van der Waals surface area contributed by atoms with E-state index in [4.69, 9.17) is 14.2 Å². The topological polar surface area (TPSA) is 73.9 Å². The molecule has 2 heterocycles. The standard InChI is InChI=1S/C25H22BrNO5/c1-13-22(25(29)30-2)23(14-3-6-17(26)7-4-14)24-18(27-13)9-16(10-19(24)28)15-5-8-20-21(11-15)32-12-31-20/h3-8,11,16,23,27H,9-10,12H2,1-2H3/t16-,23+/m0/s1. The minimum Gasteiger partial charge on any atom is -0.466 e. The fraction of sp³-hybridized carbons (Fsp3) is 0.280. The van der Waals surface area contributed by atoms with Crippen LogP contribution in [0, 0.1) is 0 Å². The number of nitrogens with one attached hydrogen (secondary N) is 1. The van der Waals surface area contributed by atoms with Gasteiger partial charge in [-0.3, -0.25) is 4.79 Å². The van der Waals surface area contributed by atoms with Crippen LogP contribution in [0.4, 0.5) is 0 Å². The highest BCUT2D eigenvalue weighted by Crippen LogP contribution is 2.46. The minimum atomic E-state index is -0.461. The number of allylic oxidation sites excluding steroid dienone is 3. The summed E-state index contributed by atoms with van der Waals surface area (Å²) in [5, 5.41) is 3.35. The number of fused-ring (bicyclic) bond motifs is 1. The molecule has 2 aromatic carbocycles. The van der Waals surface area contributed by atoms with Crippen LogP contribution in [0.2, 0.25) is 0 Å². The predicted molar refractivity (Wildman–Crippen MR) is 121 cm³/mol. The molecule has 0 saturated carbocycles. The second kappa shape index (κ2) is 8.13. The molecule has 3 aliphatic rings. The van der Waals surface area contributed by atoms with E-state index in [0.29, 0.717) is 35.4 Å². The van der Waals surface area contributed by atoms with Gasteiger partial charge in [0.25, 0.3) is 0 Å². The molecule has 2 atom stereocenters. The van der Waals surface area contributed by atoms with E-state index in [1.165, 1.54) is 7.11 Å². The smallest absolute Gasteiger partial charge is 0.336 e. The first-order valence-electron chi connectivity index (χ1n) is 10.4. The number of hydrogen-bond donors (Lipinski definition) is 1. The van der Waals surface area contributed by atoms with Crippen LogP contribution in [0.15, 0.2) is 69.5 Å². The third-order valence-corrected chi connectivity index (χ3v) is 6.83. The first-order valence-corrected chi connectivity index (χ1v) is 11.2. The average molecular weight is 496 g/mol. The molecule has 5 rings (SSSR count). The molecule has 0 unspecified atom stereocenters. The number of dihydropyridines is 1. The zero-order valence-electron chi connectivity index (χ0n) is 17.7. The summed E-state index contributed by atoms with van der Waals surface area (Å²) in [6, 6.07) is 13.6. The van der Waals surface area contributed by atoms with E-state index < -0.39 is 11.9 Å². The molecule has 32 heavy (non-hydrogen) atoms. The van der Waals surface area contributed by atoms with E-state index in [0.717, 1.165) is 27.0 Å². The number of ketones is 1. The Kier molecular flexibility index (Phi) is 5.29. The Bertz CT molecular complexity index is 1180. The van der Waals surface area contributed by atoms with Crippen LogP contribution in [-0.2, 0) is 14.3 Å². The number of methoxy groups -OCH3 is 1. The number of ether oxygens (including phenoxy) is 3. The Morgan fingerprint density at radius 2 is 1.78 bits per heavy atom. The highest BCUT2D eigenvalue weighted by molar-refractivity contribution is 9.10. The van der Waals surface area contributed by atoms with E-state index in [9.17, 15) is 9.59 Å². The van der Waals surface area contributed by atoms with Crippen molar-refractivity contribution < 1.29 is 23.8 Å². The zero-order chi connectivity index (χ0) is 22.4. The number of carbonyl (C=O) groups excluding carboxylic acids is 2. The van der Waals surface area contributed by atoms with Gasteiger partial charge >= 0.3 is 5.97 Å². The second-order valence-corrected chi connectivity index (χ2v) is 9.09. The molecule has 7 heteroatoms. The fourth-order valence-electron chi connectivity index (χ4n) is 4.81. The summed E-state index contributed by atoms with van der Waals surface area (Å²) < 4.78 is 16.9. The molecule has 164 valence electrons. The maximum atomic E-state index is 13.5. The molecule has 0 radical (unpaired) electrons. The van der Waals surface area contributed by atoms with E-state index in [-0.39, 0.29) is 18.5 Å². The van der Waals surface area contributed by atoms with Gasteiger partial charge in [-0.1, -0.05) is 34.1 Å². The summed E-state index contributed by atoms with van der Waals surface area (Å²) in [4.78, 5) is 26.2. The highest BCUT2D eigenvalue weighted by Gasteiger charge is 2.41. The lowest BCUT2D eigenvalue weighted by Gasteiger charge is -2.36. The van der Waals surface area contributed by atoms with Gasteiger partial charge < -0.3 is 19.5 Å². The van der Waals surface area contributed by atoms with Gasteiger partial charge in [0.05, 0.1) is 12.7 Å². The third-order valence-electron chi connectivity index (χ3n) is 6.30. The van der Waals surface area contributed by atoms with Crippen molar-refractivity contribution in [3.8, 4) is 11.5 Å². The highest BCUT2D eigenvalue weighted by atomic mass is 79.9. The van der Waals surface area contributed by atoms with Crippen LogP contribution >= 0.6 is 15.9 Å². The molecule has 1 aliphatic carbocycles. The molecule has 0 aromatic heterocycles. The molecular formula is C25H22BrNO5. The monoisotopic (exact) mass is 495 g/mol. The van der Waals surface area contributed by atoms with Crippen LogP contribution < -0.4 is 14.8 Å². The van der Waals surface area contributed by atoms with Crippen molar-refractivity contribution in [2.75, 3.05) is 13.9 Å². The van der Waals surface area contributed by atoms with Gasteiger partial charge in [-0.05, 0) is 54.7 Å². The van der Waals surface area contributed by atoms with Crippen molar-refractivity contribution in [1.29, 1.82) is 0 Å². The Morgan fingerprint density at radius 3 is 2.53 bits per heavy atom. The Hall–Kier alpha value is -3.06. The first kappa shape index (κ1) is 20.8. The Morgan fingerprint density at radius 1 is 1.06 bits per heavy atom. The van der Waals surface area contributed by atoms with Gasteiger partial charge in [-0.15, -0.1) is 0 Å². The second-order valence-electron chi connectivity index (χ2n) is 8.17. The van der Waals surface area contributed by atoms with E-state index in [1.54, 1.807) is 0 Å². The first-order chi connectivity index (χ1) is 15.5. The van der Waals surface area contributed by atoms with Crippen molar-refractivity contribution in [3.05, 3.63) is 80.6 Å². The van der Waals surface area contributed by atoms with Crippen LogP contribution in [0.1, 0.15) is 42.7 Å². The molecule has 0 fully saturated rings. The normalized spacial score (nSPS) is 21.9. The predicted octanol–water partition coefficient (Wildman–Crippen LogP) is 4.71. The van der Waals surface area contributed by atoms with Gasteiger partial charge in [-0.2, -0.15) is 0 Å². The molecule has 6 nitrogen and oxygen atoms in total. The zero-order valence-corrected chi connectivity index (χ0v) is 19.3. The van der Waals surface area contributed by atoms with Crippen LogP contribution in [-0.4, -0.2) is 25.7 Å². The van der Waals surface area contributed by atoms with E-state index >= 15 is 0 Å². The van der Waals surface area contributed by atoms with Gasteiger partial charge in [-0.25, -0.2) is 4.79 Å². The quantitative estimate of drug-likeness (QED) is 0.621. The van der Waals surface area contributed by atoms with Crippen molar-refractivity contribution in [2.45, 2.75) is 31.6 Å². The van der Waals surface area contributed by atoms with Crippen molar-refractivity contribution in [1.82, 2.24) is 5.32 Å². The number of hydrogen-bond acceptors (Lipinski definition) is 6. The third kappa shape index (κ3) is 3.50. The maximum absolute atomic E-state index is 13.5. The molecule has 0 amide bonds. The van der Waals surface area contributed by atoms with E-state index in [2.05, 4.69) is 21.2 Å². The number of benzene rings is 2. The molecular weight excluding hydrogens is 474 g/mol. The Labute approximate surface area is 194 Å². The number of halogens is 1. The SMILES string of the molecule is COC(=O)C1=C(C)NC2=C(C(=O)C[C@@H](c3ccc4c(c3)OCO4)C2)[C@@H]1c1ccc(Br)cc1. The van der Waals surface area contributed by atoms with Gasteiger partial charge in [0.15, 0.2) is 17.3 Å². The summed E-state index contributed by atoms with van der Waals surface area (Å²) in [6.45, 7) is 2.07. The van der Waals surface area contributed by atoms with Crippen molar-refractivity contribution in [2.24, 2.45) is 0 Å². The summed E-state index contributed by atoms with van der Waals surface area (Å²) in [6.07, 6.45) is 1.03. The molecule has 2 aliphatic heterocycles. The number of rotatable bonds is 3. The number of Topliss-reactive ketones (excluding diaryl/α,β-unsaturated/α-hetero) is 1.